The van der Waals surface area contributed by atoms with Gasteiger partial charge in [-0.25, -0.2) is 5.48 Å². The van der Waals surface area contributed by atoms with E-state index in [9.17, 15) is 4.79 Å². The van der Waals surface area contributed by atoms with Crippen LogP contribution in [0.2, 0.25) is 5.02 Å². The van der Waals surface area contributed by atoms with Crippen molar-refractivity contribution in [2.45, 2.75) is 20.0 Å². The third-order valence-electron chi connectivity index (χ3n) is 1.72. The van der Waals surface area contributed by atoms with E-state index in [2.05, 4.69) is 5.48 Å². The molecule has 76 valence electrons. The Balaban J connectivity index is 2.56. The van der Waals surface area contributed by atoms with Gasteiger partial charge in [-0.05, 0) is 24.6 Å². The van der Waals surface area contributed by atoms with Gasteiger partial charge in [0, 0.05) is 11.9 Å². The van der Waals surface area contributed by atoms with E-state index in [1.807, 2.05) is 19.1 Å². The van der Waals surface area contributed by atoms with Gasteiger partial charge in [0.2, 0.25) is 5.91 Å². The summed E-state index contributed by atoms with van der Waals surface area (Å²) in [7, 11) is 0. The second-order valence-corrected chi connectivity index (χ2v) is 3.41. The molecule has 0 bridgehead atoms. The summed E-state index contributed by atoms with van der Waals surface area (Å²) in [5, 5.41) is 0.681. The number of hydrogen-bond donors (Lipinski definition) is 1. The van der Waals surface area contributed by atoms with Gasteiger partial charge in [0.25, 0.3) is 0 Å². The number of carbonyl (C=O) groups is 1. The molecule has 0 aliphatic rings. The summed E-state index contributed by atoms with van der Waals surface area (Å²) in [4.78, 5) is 15.7. The Morgan fingerprint density at radius 2 is 2.00 bits per heavy atom. The van der Waals surface area contributed by atoms with Crippen molar-refractivity contribution >= 4 is 17.5 Å². The lowest BCUT2D eigenvalue weighted by atomic mass is 10.1. The molecule has 1 atom stereocenters. The molecule has 0 aliphatic heterocycles. The van der Waals surface area contributed by atoms with Gasteiger partial charge in [0.1, 0.15) is 6.10 Å². The molecular formula is C10H12ClNO2. The topological polar surface area (TPSA) is 38.3 Å². The van der Waals surface area contributed by atoms with Crippen molar-refractivity contribution in [2.24, 2.45) is 0 Å². The highest BCUT2D eigenvalue weighted by Gasteiger charge is 2.05. The molecular weight excluding hydrogens is 202 g/mol. The monoisotopic (exact) mass is 213 g/mol. The normalized spacial score (nSPS) is 12.2. The first-order valence-electron chi connectivity index (χ1n) is 4.27. The van der Waals surface area contributed by atoms with Crippen LogP contribution in [0.5, 0.6) is 0 Å². The fraction of sp³-hybridized carbons (Fsp3) is 0.300. The minimum atomic E-state index is -0.217. The van der Waals surface area contributed by atoms with Crippen molar-refractivity contribution in [2.75, 3.05) is 0 Å². The number of halogens is 1. The van der Waals surface area contributed by atoms with Gasteiger partial charge in [0.15, 0.2) is 0 Å². The number of nitrogens with one attached hydrogen (secondary N) is 1. The smallest absolute Gasteiger partial charge is 0.240 e. The molecule has 0 spiro atoms. The quantitative estimate of drug-likeness (QED) is 0.784. The zero-order valence-electron chi connectivity index (χ0n) is 8.08. The van der Waals surface area contributed by atoms with Crippen molar-refractivity contribution in [1.29, 1.82) is 0 Å². The predicted molar refractivity (Wildman–Crippen MR) is 54.8 cm³/mol. The second-order valence-electron chi connectivity index (χ2n) is 2.97. The van der Waals surface area contributed by atoms with E-state index in [-0.39, 0.29) is 12.0 Å². The largest absolute Gasteiger partial charge is 0.273 e. The molecule has 14 heavy (non-hydrogen) atoms. The molecule has 1 amide bonds. The van der Waals surface area contributed by atoms with Crippen LogP contribution in [0.3, 0.4) is 0 Å². The molecule has 1 rings (SSSR count). The standard InChI is InChI=1S/C10H12ClNO2/c1-7(14-12-8(2)13)9-3-5-10(11)6-4-9/h3-7H,1-2H3,(H,12,13)/t7-/m0/s1. The van der Waals surface area contributed by atoms with Crippen LogP contribution < -0.4 is 5.48 Å². The highest BCUT2D eigenvalue weighted by atomic mass is 35.5. The van der Waals surface area contributed by atoms with Crippen LogP contribution in [-0.4, -0.2) is 5.91 Å². The Morgan fingerprint density at radius 3 is 2.50 bits per heavy atom. The molecule has 0 aliphatic carbocycles. The van der Waals surface area contributed by atoms with Gasteiger partial charge >= 0.3 is 0 Å². The molecule has 0 saturated heterocycles. The van der Waals surface area contributed by atoms with Crippen molar-refractivity contribution in [3.63, 3.8) is 0 Å². The van der Waals surface area contributed by atoms with E-state index >= 15 is 0 Å². The second kappa shape index (κ2) is 4.98. The van der Waals surface area contributed by atoms with Crippen LogP contribution in [0.25, 0.3) is 0 Å². The summed E-state index contributed by atoms with van der Waals surface area (Å²) < 4.78 is 0. The minimum absolute atomic E-state index is 0.184. The van der Waals surface area contributed by atoms with Gasteiger partial charge in [-0.15, -0.1) is 0 Å². The summed E-state index contributed by atoms with van der Waals surface area (Å²) in [5.74, 6) is -0.217. The van der Waals surface area contributed by atoms with Gasteiger partial charge < -0.3 is 0 Å². The minimum Gasteiger partial charge on any atom is -0.273 e. The third kappa shape index (κ3) is 3.36. The highest BCUT2D eigenvalue weighted by Crippen LogP contribution is 2.17. The van der Waals surface area contributed by atoms with Crippen LogP contribution in [0.4, 0.5) is 0 Å². The van der Waals surface area contributed by atoms with E-state index in [1.165, 1.54) is 6.92 Å². The van der Waals surface area contributed by atoms with Gasteiger partial charge in [-0.1, -0.05) is 23.7 Å². The Kier molecular flexibility index (Phi) is 3.92. The van der Waals surface area contributed by atoms with Crippen LogP contribution >= 0.6 is 11.6 Å². The maximum Gasteiger partial charge on any atom is 0.240 e. The summed E-state index contributed by atoms with van der Waals surface area (Å²) in [5.41, 5.74) is 3.25. The Hall–Kier alpha value is -1.06. The molecule has 0 heterocycles. The Labute approximate surface area is 88.0 Å². The number of carbonyl (C=O) groups excluding carboxylic acids is 1. The average molecular weight is 214 g/mol. The summed E-state index contributed by atoms with van der Waals surface area (Å²) in [6, 6.07) is 7.28. The molecule has 0 unspecified atom stereocenters. The van der Waals surface area contributed by atoms with E-state index in [1.54, 1.807) is 12.1 Å². The molecule has 0 saturated carbocycles. The van der Waals surface area contributed by atoms with Crippen LogP contribution in [0, 0.1) is 0 Å². The third-order valence-corrected chi connectivity index (χ3v) is 1.97. The number of hydrogen-bond acceptors (Lipinski definition) is 2. The van der Waals surface area contributed by atoms with Crippen LogP contribution in [0.15, 0.2) is 24.3 Å². The van der Waals surface area contributed by atoms with E-state index < -0.39 is 0 Å². The molecule has 1 aromatic rings. The van der Waals surface area contributed by atoms with E-state index in [0.29, 0.717) is 5.02 Å². The van der Waals surface area contributed by atoms with E-state index in [0.717, 1.165) is 5.56 Å². The zero-order chi connectivity index (χ0) is 10.6. The van der Waals surface area contributed by atoms with Crippen molar-refractivity contribution in [3.05, 3.63) is 34.9 Å². The maximum atomic E-state index is 10.6. The first kappa shape index (κ1) is 11.0. The lowest BCUT2D eigenvalue weighted by Crippen LogP contribution is -2.22. The lowest BCUT2D eigenvalue weighted by molar-refractivity contribution is -0.135. The zero-order valence-corrected chi connectivity index (χ0v) is 8.84. The van der Waals surface area contributed by atoms with Crippen LogP contribution in [0.1, 0.15) is 25.5 Å². The molecule has 1 N–H and O–H groups in total. The molecule has 1 aromatic carbocycles. The van der Waals surface area contributed by atoms with Crippen LogP contribution in [-0.2, 0) is 9.63 Å². The number of benzene rings is 1. The predicted octanol–water partition coefficient (Wildman–Crippen LogP) is 2.47. The maximum absolute atomic E-state index is 10.6. The van der Waals surface area contributed by atoms with E-state index in [4.69, 9.17) is 16.4 Å². The van der Waals surface area contributed by atoms with Crippen molar-refractivity contribution < 1.29 is 9.63 Å². The first-order valence-corrected chi connectivity index (χ1v) is 4.65. The first-order chi connectivity index (χ1) is 6.59. The summed E-state index contributed by atoms with van der Waals surface area (Å²) >= 11 is 5.73. The molecule has 0 radical (unpaired) electrons. The summed E-state index contributed by atoms with van der Waals surface area (Å²) in [6.07, 6.45) is -0.184. The fourth-order valence-corrected chi connectivity index (χ4v) is 1.10. The summed E-state index contributed by atoms with van der Waals surface area (Å²) in [6.45, 7) is 3.24. The van der Waals surface area contributed by atoms with Crippen molar-refractivity contribution in [3.8, 4) is 0 Å². The fourth-order valence-electron chi connectivity index (χ4n) is 0.973. The molecule has 0 aromatic heterocycles. The SMILES string of the molecule is CC(=O)NO[C@@H](C)c1ccc(Cl)cc1. The molecule has 4 heteroatoms. The number of amides is 1. The lowest BCUT2D eigenvalue weighted by Gasteiger charge is -2.12. The molecule has 0 fully saturated rings. The van der Waals surface area contributed by atoms with Gasteiger partial charge in [-0.3, -0.25) is 9.63 Å². The highest BCUT2D eigenvalue weighted by molar-refractivity contribution is 6.30. The molecule has 3 nitrogen and oxygen atoms in total. The average Bonchev–Trinajstić information content (AvgIpc) is 2.15. The van der Waals surface area contributed by atoms with Gasteiger partial charge in [0.05, 0.1) is 0 Å². The Bertz CT molecular complexity index is 310. The number of rotatable bonds is 3. The number of hydroxylamine groups is 1. The van der Waals surface area contributed by atoms with Crippen molar-refractivity contribution in [1.82, 2.24) is 5.48 Å². The Morgan fingerprint density at radius 1 is 1.43 bits per heavy atom. The van der Waals surface area contributed by atoms with Gasteiger partial charge in [-0.2, -0.15) is 0 Å².